The number of benzene rings is 3. The first-order valence-corrected chi connectivity index (χ1v) is 10.2. The number of non-ortho nitro benzene ring substituents is 1. The number of sulfonamides is 1. The quantitative estimate of drug-likeness (QED) is 0.397. The summed E-state index contributed by atoms with van der Waals surface area (Å²) >= 11 is 0. The number of nitro groups is 1. The van der Waals surface area contributed by atoms with Gasteiger partial charge in [-0.05, 0) is 37.3 Å². The van der Waals surface area contributed by atoms with E-state index in [2.05, 4.69) is 16.2 Å². The average molecular weight is 395 g/mol. The number of rotatable bonds is 5. The third-order valence-corrected chi connectivity index (χ3v) is 6.06. The van der Waals surface area contributed by atoms with E-state index < -0.39 is 14.9 Å². The second kappa shape index (κ2) is 6.65. The fourth-order valence-corrected chi connectivity index (χ4v) is 4.52. The number of nitrogens with one attached hydrogen (secondary N) is 1. The summed E-state index contributed by atoms with van der Waals surface area (Å²) in [6, 6.07) is 18.3. The van der Waals surface area contributed by atoms with Crippen molar-refractivity contribution >= 4 is 43.2 Å². The van der Waals surface area contributed by atoms with Crippen molar-refractivity contribution in [1.82, 2.24) is 4.57 Å². The summed E-state index contributed by atoms with van der Waals surface area (Å²) in [5.41, 5.74) is 2.23. The Hall–Kier alpha value is -3.39. The fraction of sp³-hybridized carbons (Fsp3) is 0.100. The van der Waals surface area contributed by atoms with Gasteiger partial charge in [0.1, 0.15) is 0 Å². The van der Waals surface area contributed by atoms with Crippen LogP contribution in [0.4, 0.5) is 11.4 Å². The molecule has 0 saturated carbocycles. The maximum atomic E-state index is 12.7. The van der Waals surface area contributed by atoms with Gasteiger partial charge in [0.2, 0.25) is 0 Å². The SMILES string of the molecule is CCn1c2ccccc2c2cc(NS(=O)(=O)c3cccc([N+](=O)[O-])c3)ccc21. The van der Waals surface area contributed by atoms with Crippen LogP contribution in [0.3, 0.4) is 0 Å². The van der Waals surface area contributed by atoms with Gasteiger partial charge in [0, 0.05) is 46.2 Å². The molecular formula is C20H17N3O4S. The Morgan fingerprint density at radius 2 is 1.71 bits per heavy atom. The number of aromatic nitrogens is 1. The molecule has 0 unspecified atom stereocenters. The molecule has 0 amide bonds. The van der Waals surface area contributed by atoms with Gasteiger partial charge in [0.05, 0.1) is 9.82 Å². The topological polar surface area (TPSA) is 94.2 Å². The Bertz CT molecular complexity index is 1330. The number of anilines is 1. The molecule has 7 nitrogen and oxygen atoms in total. The van der Waals surface area contributed by atoms with E-state index in [1.807, 2.05) is 30.3 Å². The molecule has 0 aliphatic carbocycles. The number of hydrogen-bond donors (Lipinski definition) is 1. The Morgan fingerprint density at radius 3 is 2.46 bits per heavy atom. The molecule has 8 heteroatoms. The zero-order chi connectivity index (χ0) is 19.9. The van der Waals surface area contributed by atoms with Gasteiger partial charge in [-0.25, -0.2) is 8.42 Å². The number of hydrogen-bond acceptors (Lipinski definition) is 4. The summed E-state index contributed by atoms with van der Waals surface area (Å²) in [7, 11) is -3.95. The minimum absolute atomic E-state index is 0.155. The van der Waals surface area contributed by atoms with E-state index in [1.165, 1.54) is 18.2 Å². The summed E-state index contributed by atoms with van der Waals surface area (Å²) in [5, 5.41) is 12.9. The van der Waals surface area contributed by atoms with Gasteiger partial charge in [-0.1, -0.05) is 24.3 Å². The van der Waals surface area contributed by atoms with Gasteiger partial charge >= 0.3 is 0 Å². The van der Waals surface area contributed by atoms with Gasteiger partial charge in [0.25, 0.3) is 15.7 Å². The van der Waals surface area contributed by atoms with E-state index in [-0.39, 0.29) is 10.6 Å². The Labute approximate surface area is 161 Å². The molecule has 1 N–H and O–H groups in total. The third kappa shape index (κ3) is 2.97. The first-order valence-electron chi connectivity index (χ1n) is 8.69. The molecule has 28 heavy (non-hydrogen) atoms. The normalized spacial score (nSPS) is 11.8. The van der Waals surface area contributed by atoms with Crippen molar-refractivity contribution in [3.8, 4) is 0 Å². The second-order valence-electron chi connectivity index (χ2n) is 6.35. The fourth-order valence-electron chi connectivity index (χ4n) is 3.44. The molecule has 0 spiro atoms. The van der Waals surface area contributed by atoms with Crippen LogP contribution in [0.15, 0.2) is 71.6 Å². The van der Waals surface area contributed by atoms with E-state index in [9.17, 15) is 18.5 Å². The molecule has 0 atom stereocenters. The molecule has 142 valence electrons. The lowest BCUT2D eigenvalue weighted by Gasteiger charge is -2.09. The predicted molar refractivity (Wildman–Crippen MR) is 109 cm³/mol. The number of nitrogens with zero attached hydrogens (tertiary/aromatic N) is 2. The van der Waals surface area contributed by atoms with Crippen molar-refractivity contribution in [2.75, 3.05) is 4.72 Å². The molecule has 0 bridgehead atoms. The van der Waals surface area contributed by atoms with E-state index in [1.54, 1.807) is 12.1 Å². The van der Waals surface area contributed by atoms with Crippen molar-refractivity contribution in [2.24, 2.45) is 0 Å². The van der Waals surface area contributed by atoms with Crippen molar-refractivity contribution in [2.45, 2.75) is 18.4 Å². The smallest absolute Gasteiger partial charge is 0.270 e. The van der Waals surface area contributed by atoms with Crippen molar-refractivity contribution in [3.63, 3.8) is 0 Å². The van der Waals surface area contributed by atoms with E-state index in [0.29, 0.717) is 5.69 Å². The van der Waals surface area contributed by atoms with E-state index in [0.717, 1.165) is 34.4 Å². The van der Waals surface area contributed by atoms with Crippen LogP contribution in [-0.4, -0.2) is 17.9 Å². The molecule has 0 radical (unpaired) electrons. The summed E-state index contributed by atoms with van der Waals surface area (Å²) in [5.74, 6) is 0. The van der Waals surface area contributed by atoms with Gasteiger partial charge < -0.3 is 4.57 Å². The summed E-state index contributed by atoms with van der Waals surface area (Å²) < 4.78 is 30.1. The Kier molecular flexibility index (Phi) is 4.27. The lowest BCUT2D eigenvalue weighted by molar-refractivity contribution is -0.385. The van der Waals surface area contributed by atoms with Gasteiger partial charge in [-0.2, -0.15) is 0 Å². The molecule has 1 aromatic heterocycles. The number of fused-ring (bicyclic) bond motifs is 3. The number of para-hydroxylation sites is 1. The van der Waals surface area contributed by atoms with Gasteiger partial charge in [-0.3, -0.25) is 14.8 Å². The first kappa shape index (κ1) is 18.0. The largest absolute Gasteiger partial charge is 0.341 e. The van der Waals surface area contributed by atoms with Crippen LogP contribution >= 0.6 is 0 Å². The van der Waals surface area contributed by atoms with E-state index in [4.69, 9.17) is 0 Å². The van der Waals surface area contributed by atoms with E-state index >= 15 is 0 Å². The summed E-state index contributed by atoms with van der Waals surface area (Å²) in [4.78, 5) is 10.2. The van der Waals surface area contributed by atoms with Crippen LogP contribution in [0.25, 0.3) is 21.8 Å². The van der Waals surface area contributed by atoms with Crippen molar-refractivity contribution < 1.29 is 13.3 Å². The summed E-state index contributed by atoms with van der Waals surface area (Å²) in [6.45, 7) is 2.85. The maximum Gasteiger partial charge on any atom is 0.270 e. The molecular weight excluding hydrogens is 378 g/mol. The van der Waals surface area contributed by atoms with Crippen molar-refractivity contribution in [1.29, 1.82) is 0 Å². The Balaban J connectivity index is 1.79. The molecule has 0 aliphatic heterocycles. The number of nitro benzene ring substituents is 1. The molecule has 4 rings (SSSR count). The highest BCUT2D eigenvalue weighted by Gasteiger charge is 2.18. The molecule has 0 aliphatic rings. The lowest BCUT2D eigenvalue weighted by atomic mass is 10.1. The highest BCUT2D eigenvalue weighted by molar-refractivity contribution is 7.92. The molecule has 0 saturated heterocycles. The van der Waals surface area contributed by atoms with Crippen LogP contribution in [-0.2, 0) is 16.6 Å². The summed E-state index contributed by atoms with van der Waals surface area (Å²) in [6.07, 6.45) is 0. The average Bonchev–Trinajstić information content (AvgIpc) is 3.01. The van der Waals surface area contributed by atoms with Crippen LogP contribution in [0.1, 0.15) is 6.92 Å². The van der Waals surface area contributed by atoms with Gasteiger partial charge in [-0.15, -0.1) is 0 Å². The highest BCUT2D eigenvalue weighted by Crippen LogP contribution is 2.31. The maximum absolute atomic E-state index is 12.7. The lowest BCUT2D eigenvalue weighted by Crippen LogP contribution is -2.13. The van der Waals surface area contributed by atoms with Crippen LogP contribution < -0.4 is 4.72 Å². The molecule has 0 fully saturated rings. The molecule has 4 aromatic rings. The van der Waals surface area contributed by atoms with Crippen LogP contribution in [0.5, 0.6) is 0 Å². The van der Waals surface area contributed by atoms with Crippen LogP contribution in [0.2, 0.25) is 0 Å². The zero-order valence-corrected chi connectivity index (χ0v) is 15.8. The second-order valence-corrected chi connectivity index (χ2v) is 8.04. The van der Waals surface area contributed by atoms with Gasteiger partial charge in [0.15, 0.2) is 0 Å². The minimum Gasteiger partial charge on any atom is -0.341 e. The van der Waals surface area contributed by atoms with Crippen LogP contribution in [0, 0.1) is 10.1 Å². The first-order chi connectivity index (χ1) is 13.4. The minimum atomic E-state index is -3.95. The Morgan fingerprint density at radius 1 is 0.964 bits per heavy atom. The molecule has 3 aromatic carbocycles. The third-order valence-electron chi connectivity index (χ3n) is 4.68. The van der Waals surface area contributed by atoms with Crippen molar-refractivity contribution in [3.05, 3.63) is 76.8 Å². The standard InChI is InChI=1S/C20H17N3O4S/c1-2-22-19-9-4-3-8-17(19)18-12-14(10-11-20(18)22)21-28(26,27)16-7-5-6-15(13-16)23(24)25/h3-13,21H,2H2,1H3. The monoisotopic (exact) mass is 395 g/mol. The predicted octanol–water partition coefficient (Wildman–Crippen LogP) is 4.52. The zero-order valence-electron chi connectivity index (χ0n) is 15.0. The highest BCUT2D eigenvalue weighted by atomic mass is 32.2. The number of aryl methyl sites for hydroxylation is 1. The molecule has 1 heterocycles.